The third kappa shape index (κ3) is 7.46. The van der Waals surface area contributed by atoms with Crippen LogP contribution in [0.1, 0.15) is 77.4 Å². The van der Waals surface area contributed by atoms with Gasteiger partial charge in [-0.2, -0.15) is 0 Å². The molecule has 0 unspecified atom stereocenters. The first-order valence-electron chi connectivity index (χ1n) is 11.8. The Morgan fingerprint density at radius 1 is 1.17 bits per heavy atom. The maximum Gasteiger partial charge on any atom is 0.349 e. The number of rotatable bonds is 7. The molecule has 1 aliphatic rings. The van der Waals surface area contributed by atoms with Crippen LogP contribution in [0, 0.1) is 10.8 Å². The van der Waals surface area contributed by atoms with E-state index < -0.39 is 17.5 Å². The Morgan fingerprint density at radius 2 is 1.80 bits per heavy atom. The number of carbonyl (C=O) groups excluding carboxylic acids is 1. The van der Waals surface area contributed by atoms with E-state index in [4.69, 9.17) is 9.47 Å². The highest BCUT2D eigenvalue weighted by Gasteiger charge is 2.38. The summed E-state index contributed by atoms with van der Waals surface area (Å²) >= 11 is 4.64. The van der Waals surface area contributed by atoms with E-state index in [2.05, 4.69) is 48.9 Å². The summed E-state index contributed by atoms with van der Waals surface area (Å²) in [4.78, 5) is 24.8. The van der Waals surface area contributed by atoms with E-state index in [9.17, 15) is 14.7 Å². The number of hydrogen-bond donors (Lipinski definition) is 2. The molecule has 35 heavy (non-hydrogen) atoms. The van der Waals surface area contributed by atoms with Gasteiger partial charge in [0.15, 0.2) is 17.2 Å². The average Bonchev–Trinajstić information content (AvgIpc) is 2.99. The van der Waals surface area contributed by atoms with Crippen molar-refractivity contribution < 1.29 is 24.2 Å². The minimum absolute atomic E-state index is 0.0320. The molecule has 2 N–H and O–H groups in total. The zero-order chi connectivity index (χ0) is 26.2. The molecular formula is C27H36BrNO5S. The first-order chi connectivity index (χ1) is 16.1. The quantitative estimate of drug-likeness (QED) is 0.336. The van der Waals surface area contributed by atoms with Gasteiger partial charge >= 0.3 is 11.9 Å². The molecule has 0 saturated heterocycles. The lowest BCUT2D eigenvalue weighted by Crippen LogP contribution is -2.40. The van der Waals surface area contributed by atoms with Crippen molar-refractivity contribution in [1.82, 2.24) is 0 Å². The fraction of sp³-hybridized carbons (Fsp3) is 0.556. The summed E-state index contributed by atoms with van der Waals surface area (Å²) in [5.74, 6) is -1.53. The predicted octanol–water partition coefficient (Wildman–Crippen LogP) is 7.61. The molecule has 1 fully saturated rings. The van der Waals surface area contributed by atoms with Crippen molar-refractivity contribution >= 4 is 44.9 Å². The average molecular weight is 567 g/mol. The van der Waals surface area contributed by atoms with Crippen LogP contribution < -0.4 is 10.1 Å². The van der Waals surface area contributed by atoms with Crippen molar-refractivity contribution in [3.05, 3.63) is 33.6 Å². The summed E-state index contributed by atoms with van der Waals surface area (Å²) in [5, 5.41) is 13.5. The Hall–Kier alpha value is -2.06. The summed E-state index contributed by atoms with van der Waals surface area (Å²) in [6, 6.07) is 8.34. The molecule has 0 radical (unpaired) electrons. The van der Waals surface area contributed by atoms with Crippen molar-refractivity contribution in [3.8, 4) is 16.2 Å². The lowest BCUT2D eigenvalue weighted by atomic mass is 9.63. The minimum atomic E-state index is -1.11. The van der Waals surface area contributed by atoms with Gasteiger partial charge in [0.2, 0.25) is 0 Å². The van der Waals surface area contributed by atoms with Crippen LogP contribution in [0.3, 0.4) is 0 Å². The first kappa shape index (κ1) is 27.5. The SMILES string of the molecule is CC1(C)CC(Nc2cccc(-c3sc(C(=O)O)c(OCC(=O)OC(C)(C)C)c3Br)c2)CC(C)(C)C1. The first-order valence-corrected chi connectivity index (χ1v) is 13.4. The molecule has 0 spiro atoms. The molecule has 6 nitrogen and oxygen atoms in total. The summed E-state index contributed by atoms with van der Waals surface area (Å²) in [6.07, 6.45) is 3.38. The molecule has 1 aromatic heterocycles. The van der Waals surface area contributed by atoms with Gasteiger partial charge in [-0.3, -0.25) is 0 Å². The second-order valence-electron chi connectivity index (χ2n) is 11.9. The second-order valence-corrected chi connectivity index (χ2v) is 13.7. The van der Waals surface area contributed by atoms with Crippen LogP contribution in [0.25, 0.3) is 10.4 Å². The highest BCUT2D eigenvalue weighted by molar-refractivity contribution is 9.10. The van der Waals surface area contributed by atoms with E-state index in [0.29, 0.717) is 10.5 Å². The molecule has 0 atom stereocenters. The number of ether oxygens (including phenoxy) is 2. The molecule has 8 heteroatoms. The maximum atomic E-state index is 12.1. The number of aromatic carboxylic acids is 1. The van der Waals surface area contributed by atoms with Gasteiger partial charge in [0.25, 0.3) is 0 Å². The molecule has 1 aliphatic carbocycles. The zero-order valence-electron chi connectivity index (χ0n) is 21.6. The van der Waals surface area contributed by atoms with E-state index in [0.717, 1.165) is 40.3 Å². The van der Waals surface area contributed by atoms with Gasteiger partial charge in [0, 0.05) is 11.7 Å². The van der Waals surface area contributed by atoms with Gasteiger partial charge in [0.05, 0.1) is 9.35 Å². The highest BCUT2D eigenvalue weighted by Crippen LogP contribution is 2.48. The Labute approximate surface area is 220 Å². The second kappa shape index (κ2) is 10.1. The number of nitrogens with one attached hydrogen (secondary N) is 1. The van der Waals surface area contributed by atoms with Gasteiger partial charge in [-0.05, 0) is 84.5 Å². The number of carboxylic acid groups (broad SMARTS) is 1. The molecule has 1 heterocycles. The highest BCUT2D eigenvalue weighted by atomic mass is 79.9. The molecule has 0 aliphatic heterocycles. The maximum absolute atomic E-state index is 12.1. The topological polar surface area (TPSA) is 84.9 Å². The van der Waals surface area contributed by atoms with Crippen LogP contribution in [0.15, 0.2) is 28.7 Å². The van der Waals surface area contributed by atoms with Crippen LogP contribution in [-0.4, -0.2) is 35.3 Å². The molecule has 2 aromatic rings. The van der Waals surface area contributed by atoms with Crippen molar-refractivity contribution in [2.24, 2.45) is 10.8 Å². The Bertz CT molecular complexity index is 1080. The number of carboxylic acids is 1. The number of hydrogen-bond acceptors (Lipinski definition) is 6. The van der Waals surface area contributed by atoms with Crippen LogP contribution in [0.5, 0.6) is 5.75 Å². The number of thiophene rings is 1. The van der Waals surface area contributed by atoms with Gasteiger partial charge in [-0.15, -0.1) is 11.3 Å². The molecule has 1 aromatic carbocycles. The number of benzene rings is 1. The molecule has 0 amide bonds. The van der Waals surface area contributed by atoms with Gasteiger partial charge in [-0.25, -0.2) is 9.59 Å². The monoisotopic (exact) mass is 565 g/mol. The lowest BCUT2D eigenvalue weighted by Gasteiger charge is -2.45. The Morgan fingerprint density at radius 3 is 2.37 bits per heavy atom. The molecule has 0 bridgehead atoms. The van der Waals surface area contributed by atoms with Crippen LogP contribution in [0.2, 0.25) is 0 Å². The smallest absolute Gasteiger partial charge is 0.349 e. The number of esters is 1. The fourth-order valence-corrected chi connectivity index (χ4v) is 7.18. The molecule has 1 saturated carbocycles. The van der Waals surface area contributed by atoms with Gasteiger partial charge in [0.1, 0.15) is 5.60 Å². The fourth-order valence-electron chi connectivity index (χ4n) is 5.29. The van der Waals surface area contributed by atoms with Crippen LogP contribution in [0.4, 0.5) is 5.69 Å². The van der Waals surface area contributed by atoms with E-state index in [1.807, 2.05) is 24.3 Å². The summed E-state index contributed by atoms with van der Waals surface area (Å²) in [5.41, 5.74) is 1.75. The van der Waals surface area contributed by atoms with Crippen molar-refractivity contribution in [2.75, 3.05) is 11.9 Å². The third-order valence-electron chi connectivity index (χ3n) is 5.81. The van der Waals surface area contributed by atoms with Crippen LogP contribution in [-0.2, 0) is 9.53 Å². The van der Waals surface area contributed by atoms with Crippen molar-refractivity contribution in [1.29, 1.82) is 0 Å². The Kier molecular flexibility index (Phi) is 7.97. The zero-order valence-corrected chi connectivity index (χ0v) is 24.0. The molecule has 3 rings (SSSR count). The normalized spacial score (nSPS) is 17.6. The number of carbonyl (C=O) groups is 2. The summed E-state index contributed by atoms with van der Waals surface area (Å²) < 4.78 is 11.4. The molecule has 192 valence electrons. The van der Waals surface area contributed by atoms with Gasteiger partial charge < -0.3 is 19.9 Å². The number of halogens is 1. The number of anilines is 1. The van der Waals surface area contributed by atoms with E-state index >= 15 is 0 Å². The molecular weight excluding hydrogens is 530 g/mol. The van der Waals surface area contributed by atoms with Gasteiger partial charge in [-0.1, -0.05) is 39.8 Å². The third-order valence-corrected chi connectivity index (χ3v) is 8.04. The predicted molar refractivity (Wildman–Crippen MR) is 145 cm³/mol. The minimum Gasteiger partial charge on any atom is -0.479 e. The Balaban J connectivity index is 1.84. The van der Waals surface area contributed by atoms with Crippen molar-refractivity contribution in [2.45, 2.75) is 79.4 Å². The van der Waals surface area contributed by atoms with Crippen LogP contribution >= 0.6 is 27.3 Å². The van der Waals surface area contributed by atoms with Crippen molar-refractivity contribution in [3.63, 3.8) is 0 Å². The standard InChI is InChI=1S/C27H36BrNO5S/c1-25(2,3)34-19(30)14-33-21-20(28)22(35-23(21)24(31)32)16-9-8-10-17(11-16)29-18-12-26(4,5)15-27(6,7)13-18/h8-11,18,29H,12-15H2,1-7H3,(H,31,32). The lowest BCUT2D eigenvalue weighted by molar-refractivity contribution is -0.157. The largest absolute Gasteiger partial charge is 0.479 e. The summed E-state index contributed by atoms with van der Waals surface area (Å²) in [7, 11) is 0. The van der Waals surface area contributed by atoms with E-state index in [1.54, 1.807) is 20.8 Å². The summed E-state index contributed by atoms with van der Waals surface area (Å²) in [6.45, 7) is 14.2. The van der Waals surface area contributed by atoms with E-state index in [-0.39, 0.29) is 28.1 Å². The van der Waals surface area contributed by atoms with E-state index in [1.165, 1.54) is 6.42 Å².